The first-order chi connectivity index (χ1) is 13.5. The van der Waals surface area contributed by atoms with Gasteiger partial charge in [0.25, 0.3) is 5.91 Å². The maximum atomic E-state index is 13.0. The van der Waals surface area contributed by atoms with Gasteiger partial charge in [0.05, 0.1) is 12.6 Å². The van der Waals surface area contributed by atoms with Crippen molar-refractivity contribution in [2.45, 2.75) is 32.7 Å². The molecule has 3 rings (SSSR count). The van der Waals surface area contributed by atoms with E-state index in [-0.39, 0.29) is 18.6 Å². The number of benzene rings is 2. The highest BCUT2D eigenvalue weighted by molar-refractivity contribution is 6.08. The van der Waals surface area contributed by atoms with Gasteiger partial charge in [-0.2, -0.15) is 0 Å². The third kappa shape index (κ3) is 4.70. The van der Waals surface area contributed by atoms with E-state index in [0.29, 0.717) is 30.1 Å². The minimum Gasteiger partial charge on any atom is -0.394 e. The fourth-order valence-corrected chi connectivity index (χ4v) is 3.54. The van der Waals surface area contributed by atoms with Crippen molar-refractivity contribution in [2.24, 2.45) is 5.92 Å². The Balaban J connectivity index is 1.67. The van der Waals surface area contributed by atoms with E-state index in [2.05, 4.69) is 10.6 Å². The Kier molecular flexibility index (Phi) is 6.31. The Morgan fingerprint density at radius 1 is 1.14 bits per heavy atom. The molecule has 0 aliphatic carbocycles. The second kappa shape index (κ2) is 8.89. The van der Waals surface area contributed by atoms with Crippen LogP contribution < -0.4 is 15.5 Å². The molecule has 0 bridgehead atoms. The number of aliphatic hydroxyl groups excluding tert-OH is 1. The zero-order valence-corrected chi connectivity index (χ0v) is 16.3. The van der Waals surface area contributed by atoms with E-state index in [1.54, 1.807) is 29.2 Å². The number of urea groups is 1. The molecule has 0 fully saturated rings. The molecule has 148 valence electrons. The number of carbonyl (C=O) groups excluding carboxylic acids is 2. The number of fused-ring (bicyclic) bond motifs is 1. The van der Waals surface area contributed by atoms with E-state index in [0.717, 1.165) is 12.1 Å². The summed E-state index contributed by atoms with van der Waals surface area (Å²) in [6.07, 6.45) is 1.54. The highest BCUT2D eigenvalue weighted by Crippen LogP contribution is 2.29. The first kappa shape index (κ1) is 19.9. The van der Waals surface area contributed by atoms with Crippen molar-refractivity contribution in [1.82, 2.24) is 5.32 Å². The molecule has 1 aliphatic rings. The predicted octanol–water partition coefficient (Wildman–Crippen LogP) is 3.42. The van der Waals surface area contributed by atoms with Crippen molar-refractivity contribution in [3.8, 4) is 0 Å². The first-order valence-corrected chi connectivity index (χ1v) is 9.66. The van der Waals surface area contributed by atoms with Gasteiger partial charge in [0.2, 0.25) is 0 Å². The molecule has 1 atom stereocenters. The van der Waals surface area contributed by atoms with E-state index in [1.807, 2.05) is 38.1 Å². The fraction of sp³-hybridized carbons (Fsp3) is 0.364. The number of aliphatic hydroxyl groups is 1. The second-order valence-electron chi connectivity index (χ2n) is 7.52. The van der Waals surface area contributed by atoms with Crippen molar-refractivity contribution in [3.05, 3.63) is 59.7 Å². The second-order valence-corrected chi connectivity index (χ2v) is 7.52. The minimum absolute atomic E-state index is 0.0814. The number of amides is 3. The molecule has 0 saturated heterocycles. The monoisotopic (exact) mass is 381 g/mol. The number of hydrogen-bond acceptors (Lipinski definition) is 3. The van der Waals surface area contributed by atoms with Gasteiger partial charge in [0.15, 0.2) is 0 Å². The molecule has 0 saturated carbocycles. The largest absolute Gasteiger partial charge is 0.394 e. The van der Waals surface area contributed by atoms with Gasteiger partial charge in [-0.15, -0.1) is 0 Å². The lowest BCUT2D eigenvalue weighted by molar-refractivity contribution is 0.0989. The fourth-order valence-electron chi connectivity index (χ4n) is 3.54. The summed E-state index contributed by atoms with van der Waals surface area (Å²) in [5.74, 6) is 0.281. The Bertz CT molecular complexity index is 850. The number of hydrogen-bond donors (Lipinski definition) is 3. The van der Waals surface area contributed by atoms with Crippen molar-refractivity contribution in [1.29, 1.82) is 0 Å². The van der Waals surface area contributed by atoms with Crippen molar-refractivity contribution in [3.63, 3.8) is 0 Å². The van der Waals surface area contributed by atoms with Crippen LogP contribution in [-0.2, 0) is 6.42 Å². The Morgan fingerprint density at radius 2 is 1.93 bits per heavy atom. The molecule has 0 spiro atoms. The van der Waals surface area contributed by atoms with E-state index >= 15 is 0 Å². The van der Waals surface area contributed by atoms with Crippen LogP contribution in [0.15, 0.2) is 48.5 Å². The topological polar surface area (TPSA) is 81.7 Å². The zero-order valence-electron chi connectivity index (χ0n) is 16.3. The molecular weight excluding hydrogens is 354 g/mol. The molecule has 2 aromatic rings. The van der Waals surface area contributed by atoms with Gasteiger partial charge in [-0.1, -0.05) is 38.1 Å². The van der Waals surface area contributed by atoms with Crippen LogP contribution in [-0.4, -0.2) is 36.2 Å². The lowest BCUT2D eigenvalue weighted by Crippen LogP contribution is -2.41. The van der Waals surface area contributed by atoms with Gasteiger partial charge in [-0.3, -0.25) is 4.79 Å². The lowest BCUT2D eigenvalue weighted by Gasteiger charge is -2.19. The van der Waals surface area contributed by atoms with Crippen LogP contribution in [0.5, 0.6) is 0 Å². The van der Waals surface area contributed by atoms with E-state index in [9.17, 15) is 14.7 Å². The number of carbonyl (C=O) groups is 2. The Labute approximate surface area is 165 Å². The maximum Gasteiger partial charge on any atom is 0.319 e. The van der Waals surface area contributed by atoms with Gasteiger partial charge in [0, 0.05) is 23.5 Å². The number of rotatable bonds is 6. The predicted molar refractivity (Wildman–Crippen MR) is 111 cm³/mol. The summed E-state index contributed by atoms with van der Waals surface area (Å²) >= 11 is 0. The minimum atomic E-state index is -0.393. The van der Waals surface area contributed by atoms with Gasteiger partial charge < -0.3 is 20.6 Å². The Morgan fingerprint density at radius 3 is 2.68 bits per heavy atom. The van der Waals surface area contributed by atoms with E-state index in [4.69, 9.17) is 0 Å². The molecule has 6 heteroatoms. The highest BCUT2D eigenvalue weighted by atomic mass is 16.3. The van der Waals surface area contributed by atoms with Crippen LogP contribution in [0.25, 0.3) is 0 Å². The number of anilines is 2. The zero-order chi connectivity index (χ0) is 20.1. The summed E-state index contributed by atoms with van der Waals surface area (Å²) in [5.41, 5.74) is 3.18. The molecule has 0 radical (unpaired) electrons. The van der Waals surface area contributed by atoms with Gasteiger partial charge >= 0.3 is 6.03 Å². The molecule has 3 N–H and O–H groups in total. The molecule has 2 aromatic carbocycles. The normalized spacial score (nSPS) is 13.9. The quantitative estimate of drug-likeness (QED) is 0.717. The summed E-state index contributed by atoms with van der Waals surface area (Å²) in [5, 5.41) is 14.9. The van der Waals surface area contributed by atoms with Gasteiger partial charge in [0.1, 0.15) is 0 Å². The lowest BCUT2D eigenvalue weighted by atomic mass is 10.0. The highest BCUT2D eigenvalue weighted by Gasteiger charge is 2.25. The van der Waals surface area contributed by atoms with Crippen molar-refractivity contribution in [2.75, 3.05) is 23.4 Å². The third-order valence-electron chi connectivity index (χ3n) is 4.81. The maximum absolute atomic E-state index is 13.0. The molecule has 1 aliphatic heterocycles. The summed E-state index contributed by atoms with van der Waals surface area (Å²) in [6.45, 7) is 4.61. The van der Waals surface area contributed by atoms with Crippen LogP contribution in [0, 0.1) is 5.92 Å². The van der Waals surface area contributed by atoms with Crippen LogP contribution in [0.1, 0.15) is 36.2 Å². The molecule has 1 heterocycles. The molecule has 28 heavy (non-hydrogen) atoms. The SMILES string of the molecule is CC(C)CC(CO)NC(=O)Nc1cccc(C(=O)N2CCc3ccccc32)c1. The van der Waals surface area contributed by atoms with Crippen LogP contribution >= 0.6 is 0 Å². The molecule has 0 aromatic heterocycles. The van der Waals surface area contributed by atoms with Gasteiger partial charge in [-0.25, -0.2) is 4.79 Å². The number of nitrogens with one attached hydrogen (secondary N) is 2. The van der Waals surface area contributed by atoms with Crippen molar-refractivity contribution >= 4 is 23.3 Å². The van der Waals surface area contributed by atoms with Crippen molar-refractivity contribution < 1.29 is 14.7 Å². The summed E-state index contributed by atoms with van der Waals surface area (Å²) in [4.78, 5) is 27.0. The van der Waals surface area contributed by atoms with Crippen LogP contribution in [0.3, 0.4) is 0 Å². The molecule has 1 unspecified atom stereocenters. The van der Waals surface area contributed by atoms with Crippen LogP contribution in [0.4, 0.5) is 16.2 Å². The summed E-state index contributed by atoms with van der Waals surface area (Å²) in [7, 11) is 0. The standard InChI is InChI=1S/C22H27N3O3/c1-15(2)12-19(14-26)24-22(28)23-18-8-5-7-17(13-18)21(27)25-11-10-16-6-3-4-9-20(16)25/h3-9,13,15,19,26H,10-12,14H2,1-2H3,(H2,23,24,28). The summed E-state index contributed by atoms with van der Waals surface area (Å²) in [6, 6.07) is 14.1. The van der Waals surface area contributed by atoms with E-state index in [1.165, 1.54) is 5.56 Å². The molecule has 6 nitrogen and oxygen atoms in total. The van der Waals surface area contributed by atoms with Crippen LogP contribution in [0.2, 0.25) is 0 Å². The number of para-hydroxylation sites is 1. The molecule has 3 amide bonds. The first-order valence-electron chi connectivity index (χ1n) is 9.66. The third-order valence-corrected chi connectivity index (χ3v) is 4.81. The summed E-state index contributed by atoms with van der Waals surface area (Å²) < 4.78 is 0. The molecular formula is C22H27N3O3. The Hall–Kier alpha value is -2.86. The van der Waals surface area contributed by atoms with E-state index < -0.39 is 6.03 Å². The van der Waals surface area contributed by atoms with Gasteiger partial charge in [-0.05, 0) is 48.6 Å². The average Bonchev–Trinajstić information content (AvgIpc) is 3.10. The average molecular weight is 381 g/mol. The smallest absolute Gasteiger partial charge is 0.319 e. The number of nitrogens with zero attached hydrogens (tertiary/aromatic N) is 1.